The van der Waals surface area contributed by atoms with Gasteiger partial charge in [-0.05, 0) is 11.0 Å². The molecule has 0 amide bonds. The van der Waals surface area contributed by atoms with Crippen molar-refractivity contribution in [1.82, 2.24) is 24.1 Å². The Bertz CT molecular complexity index is 807. The Kier molecular flexibility index (Phi) is 3.01. The summed E-state index contributed by atoms with van der Waals surface area (Å²) in [4.78, 5) is 20.5. The van der Waals surface area contributed by atoms with E-state index in [0.29, 0.717) is 18.0 Å². The van der Waals surface area contributed by atoms with E-state index < -0.39 is 4.92 Å². The molecule has 108 valence electrons. The van der Waals surface area contributed by atoms with Gasteiger partial charge in [0.15, 0.2) is 5.82 Å². The van der Waals surface area contributed by atoms with Crippen LogP contribution in [-0.2, 0) is 13.6 Å². The highest BCUT2D eigenvalue weighted by Gasteiger charge is 2.17. The van der Waals surface area contributed by atoms with Crippen LogP contribution in [0.4, 0.5) is 11.6 Å². The van der Waals surface area contributed by atoms with Gasteiger partial charge in [-0.1, -0.05) is 9.61 Å². The Labute approximate surface area is 119 Å². The maximum absolute atomic E-state index is 10.9. The van der Waals surface area contributed by atoms with Crippen LogP contribution in [0, 0.1) is 10.1 Å². The summed E-state index contributed by atoms with van der Waals surface area (Å²) in [6.07, 6.45) is 4.78. The average Bonchev–Trinajstić information content (AvgIpc) is 3.04. The molecular weight excluding hydrogens is 274 g/mol. The van der Waals surface area contributed by atoms with E-state index in [9.17, 15) is 10.1 Å². The third kappa shape index (κ3) is 2.29. The summed E-state index contributed by atoms with van der Waals surface area (Å²) in [5, 5.41) is 15.2. The second-order valence-electron chi connectivity index (χ2n) is 4.65. The van der Waals surface area contributed by atoms with Gasteiger partial charge < -0.3 is 19.6 Å². The smallest absolute Gasteiger partial charge is 0.358 e. The quantitative estimate of drug-likeness (QED) is 0.525. The zero-order chi connectivity index (χ0) is 15.0. The lowest BCUT2D eigenvalue weighted by atomic mass is 10.4. The van der Waals surface area contributed by atoms with Crippen molar-refractivity contribution in [3.05, 3.63) is 46.7 Å². The van der Waals surface area contributed by atoms with Crippen LogP contribution in [-0.4, -0.2) is 36.1 Å². The van der Waals surface area contributed by atoms with Crippen molar-refractivity contribution in [2.24, 2.45) is 7.05 Å². The van der Waals surface area contributed by atoms with Gasteiger partial charge >= 0.3 is 5.82 Å². The highest BCUT2D eigenvalue weighted by molar-refractivity contribution is 5.49. The van der Waals surface area contributed by atoms with Crippen LogP contribution in [0.15, 0.2) is 30.7 Å². The van der Waals surface area contributed by atoms with Crippen LogP contribution in [0.5, 0.6) is 0 Å². The number of nitro groups is 1. The molecule has 3 aromatic rings. The molecule has 9 heteroatoms. The monoisotopic (exact) mass is 287 g/mol. The number of fused-ring (bicyclic) bond motifs is 1. The molecule has 0 saturated heterocycles. The molecule has 0 saturated carbocycles. The lowest BCUT2D eigenvalue weighted by molar-refractivity contribution is -0.391. The van der Waals surface area contributed by atoms with Gasteiger partial charge in [-0.15, -0.1) is 0 Å². The molecule has 0 atom stereocenters. The van der Waals surface area contributed by atoms with Crippen LogP contribution in [0.3, 0.4) is 0 Å². The van der Waals surface area contributed by atoms with Crippen molar-refractivity contribution in [3.8, 4) is 0 Å². The summed E-state index contributed by atoms with van der Waals surface area (Å²) in [5.41, 5.74) is 0.441. The number of nitrogens with zero attached hydrogens (tertiary/aromatic N) is 7. The highest BCUT2D eigenvalue weighted by Crippen LogP contribution is 2.17. The maximum atomic E-state index is 10.9. The number of aryl methyl sites for hydroxylation is 1. The Hall–Kier alpha value is -2.97. The fourth-order valence-electron chi connectivity index (χ4n) is 2.02. The molecular formula is C12H13N7O2. The normalized spacial score (nSPS) is 11.0. The summed E-state index contributed by atoms with van der Waals surface area (Å²) in [7, 11) is 3.76. The summed E-state index contributed by atoms with van der Waals surface area (Å²) in [5.74, 6) is 1.32. The van der Waals surface area contributed by atoms with Crippen molar-refractivity contribution < 1.29 is 4.92 Å². The van der Waals surface area contributed by atoms with Gasteiger partial charge in [-0.3, -0.25) is 0 Å². The van der Waals surface area contributed by atoms with Crippen molar-refractivity contribution >= 4 is 17.3 Å². The first-order valence-corrected chi connectivity index (χ1v) is 6.23. The summed E-state index contributed by atoms with van der Waals surface area (Å²) in [6.45, 7) is 0.546. The Morgan fingerprint density at radius 1 is 1.38 bits per heavy atom. The fourth-order valence-corrected chi connectivity index (χ4v) is 2.02. The molecule has 0 spiro atoms. The molecule has 0 radical (unpaired) electrons. The number of rotatable bonds is 4. The Balaban J connectivity index is 1.94. The Morgan fingerprint density at radius 3 is 2.86 bits per heavy atom. The second-order valence-corrected chi connectivity index (χ2v) is 4.65. The largest absolute Gasteiger partial charge is 0.368 e. The predicted octanol–water partition coefficient (Wildman–Crippen LogP) is 1.01. The molecule has 21 heavy (non-hydrogen) atoms. The van der Waals surface area contributed by atoms with E-state index in [1.807, 2.05) is 29.8 Å². The third-order valence-electron chi connectivity index (χ3n) is 3.21. The molecule has 0 aliphatic carbocycles. The van der Waals surface area contributed by atoms with Crippen LogP contribution >= 0.6 is 0 Å². The van der Waals surface area contributed by atoms with E-state index in [0.717, 1.165) is 5.82 Å². The first kappa shape index (κ1) is 13.0. The van der Waals surface area contributed by atoms with Crippen LogP contribution < -0.4 is 4.90 Å². The zero-order valence-corrected chi connectivity index (χ0v) is 11.5. The fraction of sp³-hybridized carbons (Fsp3) is 0.250. The van der Waals surface area contributed by atoms with Gasteiger partial charge in [0.05, 0.1) is 6.54 Å². The number of aromatic nitrogens is 5. The van der Waals surface area contributed by atoms with Crippen molar-refractivity contribution in [1.29, 1.82) is 0 Å². The topological polar surface area (TPSA) is 94.4 Å². The minimum Gasteiger partial charge on any atom is -0.358 e. The number of anilines is 1. The average molecular weight is 287 g/mol. The molecule has 0 unspecified atom stereocenters. The SMILES string of the molecule is CN(Cc1nccn1C)c1ccc2ncc([N+](=O)[O-])n2n1. The molecule has 3 rings (SSSR count). The van der Waals surface area contributed by atoms with Crippen LogP contribution in [0.2, 0.25) is 0 Å². The second kappa shape index (κ2) is 4.85. The molecule has 0 aromatic carbocycles. The van der Waals surface area contributed by atoms with Crippen molar-refractivity contribution in [3.63, 3.8) is 0 Å². The third-order valence-corrected chi connectivity index (χ3v) is 3.21. The van der Waals surface area contributed by atoms with Crippen LogP contribution in [0.25, 0.3) is 5.65 Å². The van der Waals surface area contributed by atoms with Crippen molar-refractivity contribution in [2.75, 3.05) is 11.9 Å². The van der Waals surface area contributed by atoms with Gasteiger partial charge in [0.25, 0.3) is 0 Å². The lowest BCUT2D eigenvalue weighted by Gasteiger charge is -2.16. The highest BCUT2D eigenvalue weighted by atomic mass is 16.6. The standard InChI is InChI=1S/C12H13N7O2/c1-16-6-5-13-11(16)8-17(2)10-4-3-9-14-7-12(19(20)21)18(9)15-10/h3-7H,8H2,1-2H3. The van der Waals surface area contributed by atoms with Gasteiger partial charge in [0.2, 0.25) is 5.65 Å². The minimum atomic E-state index is -0.504. The summed E-state index contributed by atoms with van der Waals surface area (Å²) in [6, 6.07) is 3.47. The summed E-state index contributed by atoms with van der Waals surface area (Å²) < 4.78 is 3.14. The van der Waals surface area contributed by atoms with E-state index in [2.05, 4.69) is 15.1 Å². The van der Waals surface area contributed by atoms with Gasteiger partial charge in [0.1, 0.15) is 12.0 Å². The molecule has 0 fully saturated rings. The molecule has 3 aromatic heterocycles. The van der Waals surface area contributed by atoms with E-state index >= 15 is 0 Å². The number of hydrogen-bond acceptors (Lipinski definition) is 6. The minimum absolute atomic E-state index is 0.155. The Morgan fingerprint density at radius 2 is 2.19 bits per heavy atom. The molecule has 9 nitrogen and oxygen atoms in total. The van der Waals surface area contributed by atoms with Gasteiger partial charge in [0, 0.05) is 32.6 Å². The van der Waals surface area contributed by atoms with Gasteiger partial charge in [-0.25, -0.2) is 9.97 Å². The first-order valence-electron chi connectivity index (χ1n) is 6.23. The maximum Gasteiger partial charge on any atom is 0.368 e. The van der Waals surface area contributed by atoms with Crippen LogP contribution in [0.1, 0.15) is 5.82 Å². The zero-order valence-electron chi connectivity index (χ0n) is 11.5. The van der Waals surface area contributed by atoms with Gasteiger partial charge in [-0.2, -0.15) is 0 Å². The molecule has 0 aliphatic heterocycles. The van der Waals surface area contributed by atoms with E-state index in [1.165, 1.54) is 10.7 Å². The van der Waals surface area contributed by atoms with Crippen molar-refractivity contribution in [2.45, 2.75) is 6.54 Å². The van der Waals surface area contributed by atoms with E-state index in [-0.39, 0.29) is 5.82 Å². The number of hydrogen-bond donors (Lipinski definition) is 0. The lowest BCUT2D eigenvalue weighted by Crippen LogP contribution is -2.21. The predicted molar refractivity (Wildman–Crippen MR) is 75.0 cm³/mol. The molecule has 0 aliphatic rings. The first-order chi connectivity index (χ1) is 10.1. The van der Waals surface area contributed by atoms with E-state index in [4.69, 9.17) is 0 Å². The number of imidazole rings is 2. The molecule has 0 bridgehead atoms. The van der Waals surface area contributed by atoms with E-state index in [1.54, 1.807) is 18.3 Å². The molecule has 3 heterocycles. The molecule has 0 N–H and O–H groups in total. The summed E-state index contributed by atoms with van der Waals surface area (Å²) >= 11 is 0.